The summed E-state index contributed by atoms with van der Waals surface area (Å²) >= 11 is 17.9. The van der Waals surface area contributed by atoms with Crippen LogP contribution in [-0.2, 0) is 9.53 Å². The Morgan fingerprint density at radius 2 is 1.50 bits per heavy atom. The van der Waals surface area contributed by atoms with E-state index in [0.717, 1.165) is 51.4 Å². The zero-order chi connectivity index (χ0) is 22.6. The quantitative estimate of drug-likeness (QED) is 0.121. The van der Waals surface area contributed by atoms with Crippen molar-refractivity contribution in [3.63, 3.8) is 0 Å². The Hall–Kier alpha value is -0.000000000000000111. The molecule has 0 aliphatic heterocycles. The summed E-state index contributed by atoms with van der Waals surface area (Å²) in [6.45, 7) is 0.261. The predicted molar refractivity (Wildman–Crippen MR) is 130 cm³/mol. The molecule has 0 fully saturated rings. The van der Waals surface area contributed by atoms with Crippen molar-refractivity contribution in [2.24, 2.45) is 0 Å². The van der Waals surface area contributed by atoms with E-state index in [4.69, 9.17) is 39.5 Å². The molecule has 0 aromatic heterocycles. The van der Waals surface area contributed by atoms with Gasteiger partial charge in [-0.2, -0.15) is 0 Å². The maximum absolute atomic E-state index is 12.1. The molecule has 4 nitrogen and oxygen atoms in total. The van der Waals surface area contributed by atoms with E-state index in [2.05, 4.69) is 12.2 Å². The summed E-state index contributed by atoms with van der Waals surface area (Å²) < 4.78 is 5.03. The van der Waals surface area contributed by atoms with Gasteiger partial charge in [-0.05, 0) is 38.5 Å². The Kier molecular flexibility index (Phi) is 20.9. The van der Waals surface area contributed by atoms with Gasteiger partial charge in [-0.3, -0.25) is 4.79 Å². The number of allylic oxidation sites excluding steroid dienone is 2. The van der Waals surface area contributed by atoms with Crippen molar-refractivity contribution in [3.05, 3.63) is 12.2 Å². The van der Waals surface area contributed by atoms with Crippen molar-refractivity contribution in [3.8, 4) is 0 Å². The van der Waals surface area contributed by atoms with Gasteiger partial charge in [0.2, 0.25) is 5.91 Å². The number of rotatable bonds is 20. The molecule has 1 N–H and O–H groups in total. The highest BCUT2D eigenvalue weighted by atomic mass is 35.5. The SMILES string of the molecule is COC[C@@H](CO)N(C)C(=O)CCC=CCCCC[C@H](Cl)CCCCCCCC(Cl)Cl. The monoisotopic (exact) mass is 485 g/mol. The fourth-order valence-corrected chi connectivity index (χ4v) is 3.89. The average molecular weight is 487 g/mol. The lowest BCUT2D eigenvalue weighted by molar-refractivity contribution is -0.133. The van der Waals surface area contributed by atoms with E-state index in [-0.39, 0.29) is 28.8 Å². The molecule has 1 amide bonds. The Morgan fingerprint density at radius 3 is 2.10 bits per heavy atom. The van der Waals surface area contributed by atoms with Crippen molar-refractivity contribution in [1.82, 2.24) is 4.90 Å². The van der Waals surface area contributed by atoms with Crippen LogP contribution in [0.4, 0.5) is 0 Å². The van der Waals surface area contributed by atoms with E-state index in [1.165, 1.54) is 25.7 Å². The fourth-order valence-electron chi connectivity index (χ4n) is 3.27. The Morgan fingerprint density at radius 1 is 0.933 bits per heavy atom. The molecule has 7 heteroatoms. The second kappa shape index (κ2) is 20.9. The van der Waals surface area contributed by atoms with Gasteiger partial charge in [0, 0.05) is 26.0 Å². The summed E-state index contributed by atoms with van der Waals surface area (Å²) in [4.78, 5) is 13.5. The third kappa shape index (κ3) is 17.7. The van der Waals surface area contributed by atoms with Crippen LogP contribution in [0.5, 0.6) is 0 Å². The first-order valence-electron chi connectivity index (χ1n) is 11.3. The molecule has 0 aliphatic rings. The molecule has 0 bridgehead atoms. The molecule has 0 heterocycles. The summed E-state index contributed by atoms with van der Waals surface area (Å²) in [6, 6.07) is -0.274. The molecule has 2 atom stereocenters. The summed E-state index contributed by atoms with van der Waals surface area (Å²) in [5, 5.41) is 9.59. The molecule has 0 radical (unpaired) electrons. The van der Waals surface area contributed by atoms with Crippen LogP contribution in [-0.4, -0.2) is 59.5 Å². The second-order valence-corrected chi connectivity index (χ2v) is 9.82. The first kappa shape index (κ1) is 30.0. The van der Waals surface area contributed by atoms with Gasteiger partial charge < -0.3 is 14.7 Å². The lowest BCUT2D eigenvalue weighted by Gasteiger charge is -2.25. The number of carbonyl (C=O) groups excluding carboxylic acids is 1. The van der Waals surface area contributed by atoms with Gasteiger partial charge in [-0.25, -0.2) is 0 Å². The lowest BCUT2D eigenvalue weighted by Crippen LogP contribution is -2.42. The number of unbranched alkanes of at least 4 members (excludes halogenated alkanes) is 6. The predicted octanol–water partition coefficient (Wildman–Crippen LogP) is 6.49. The number of methoxy groups -OCH3 is 1. The number of likely N-dealkylation sites (N-methyl/N-ethyl adjacent to an activating group) is 1. The number of hydrogen-bond acceptors (Lipinski definition) is 3. The van der Waals surface area contributed by atoms with E-state index in [1.807, 2.05) is 0 Å². The smallest absolute Gasteiger partial charge is 0.223 e. The lowest BCUT2D eigenvalue weighted by atomic mass is 10.0. The molecule has 0 spiro atoms. The summed E-state index contributed by atoms with van der Waals surface area (Å²) in [5.41, 5.74) is 0. The highest BCUT2D eigenvalue weighted by Crippen LogP contribution is 2.18. The number of alkyl halides is 3. The number of hydrogen-bond donors (Lipinski definition) is 1. The van der Waals surface area contributed by atoms with Crippen LogP contribution in [0.15, 0.2) is 12.2 Å². The first-order chi connectivity index (χ1) is 14.4. The van der Waals surface area contributed by atoms with Crippen molar-refractivity contribution in [2.75, 3.05) is 27.4 Å². The van der Waals surface area contributed by atoms with Gasteiger partial charge in [-0.15, -0.1) is 34.8 Å². The highest BCUT2D eigenvalue weighted by Gasteiger charge is 2.18. The van der Waals surface area contributed by atoms with Crippen LogP contribution in [0.1, 0.15) is 83.5 Å². The van der Waals surface area contributed by atoms with Gasteiger partial charge in [0.05, 0.1) is 19.3 Å². The summed E-state index contributed by atoms with van der Waals surface area (Å²) in [5.74, 6) is 0.0306. The third-order valence-corrected chi connectivity index (χ3v) is 6.15. The minimum absolute atomic E-state index is 0.0306. The van der Waals surface area contributed by atoms with E-state index in [9.17, 15) is 9.90 Å². The molecule has 0 saturated heterocycles. The normalized spacial score (nSPS) is 13.8. The number of carbonyl (C=O) groups is 1. The molecular formula is C23H42Cl3NO3. The molecule has 0 saturated carbocycles. The maximum atomic E-state index is 12.1. The molecule has 0 aliphatic carbocycles. The molecule has 0 unspecified atom stereocenters. The minimum atomic E-state index is -0.274. The van der Waals surface area contributed by atoms with Gasteiger partial charge >= 0.3 is 0 Å². The van der Waals surface area contributed by atoms with Crippen molar-refractivity contribution in [2.45, 2.75) is 99.7 Å². The van der Waals surface area contributed by atoms with Gasteiger partial charge in [0.15, 0.2) is 0 Å². The summed E-state index contributed by atoms with van der Waals surface area (Å²) in [6.07, 6.45) is 17.7. The third-order valence-electron chi connectivity index (χ3n) is 5.28. The maximum Gasteiger partial charge on any atom is 0.223 e. The first-order valence-corrected chi connectivity index (χ1v) is 12.7. The molecule has 0 rings (SSSR count). The largest absolute Gasteiger partial charge is 0.394 e. The number of nitrogens with zero attached hydrogens (tertiary/aromatic N) is 1. The number of halogens is 3. The topological polar surface area (TPSA) is 49.8 Å². The number of amides is 1. The highest BCUT2D eigenvalue weighted by molar-refractivity contribution is 6.44. The van der Waals surface area contributed by atoms with Gasteiger partial charge in [-0.1, -0.05) is 50.7 Å². The van der Waals surface area contributed by atoms with Crippen LogP contribution in [0.3, 0.4) is 0 Å². The van der Waals surface area contributed by atoms with Crippen LogP contribution in [0, 0.1) is 0 Å². The van der Waals surface area contributed by atoms with E-state index < -0.39 is 0 Å². The Bertz CT molecular complexity index is 436. The van der Waals surface area contributed by atoms with Crippen molar-refractivity contribution < 1.29 is 14.6 Å². The summed E-state index contributed by atoms with van der Waals surface area (Å²) in [7, 11) is 3.28. The Balaban J connectivity index is 3.60. The van der Waals surface area contributed by atoms with Gasteiger partial charge in [0.25, 0.3) is 0 Å². The fraction of sp³-hybridized carbons (Fsp3) is 0.870. The molecular weight excluding hydrogens is 445 g/mol. The average Bonchev–Trinajstić information content (AvgIpc) is 2.72. The number of aliphatic hydroxyl groups excluding tert-OH is 1. The van der Waals surface area contributed by atoms with Crippen molar-refractivity contribution >= 4 is 40.7 Å². The van der Waals surface area contributed by atoms with Crippen LogP contribution < -0.4 is 0 Å². The van der Waals surface area contributed by atoms with Crippen LogP contribution in [0.25, 0.3) is 0 Å². The molecule has 0 aromatic carbocycles. The van der Waals surface area contributed by atoms with Gasteiger partial charge in [0.1, 0.15) is 4.84 Å². The number of aliphatic hydroxyl groups is 1. The second-order valence-electron chi connectivity index (χ2n) is 7.92. The van der Waals surface area contributed by atoms with Crippen LogP contribution >= 0.6 is 34.8 Å². The minimum Gasteiger partial charge on any atom is -0.394 e. The molecule has 30 heavy (non-hydrogen) atoms. The van der Waals surface area contributed by atoms with Crippen LogP contribution in [0.2, 0.25) is 0 Å². The Labute approximate surface area is 199 Å². The molecule has 178 valence electrons. The van der Waals surface area contributed by atoms with Crippen molar-refractivity contribution in [1.29, 1.82) is 0 Å². The standard InChI is InChI=1S/C23H42Cl3NO3/c1-27(21(18-28)19-30-2)23(29)17-13-9-4-3-6-10-14-20(24)15-11-7-5-8-12-16-22(25)26/h4,9,20-22,28H,3,5-8,10-19H2,1-2H3/t20-,21+/m0/s1. The zero-order valence-electron chi connectivity index (χ0n) is 18.8. The number of ether oxygens (including phenoxy) is 1. The van der Waals surface area contributed by atoms with E-state index in [0.29, 0.717) is 13.0 Å². The zero-order valence-corrected chi connectivity index (χ0v) is 21.1. The molecule has 0 aromatic rings. The van der Waals surface area contributed by atoms with E-state index in [1.54, 1.807) is 19.1 Å². The van der Waals surface area contributed by atoms with E-state index >= 15 is 0 Å².